The Bertz CT molecular complexity index is 423. The molecule has 0 unspecified atom stereocenters. The van der Waals surface area contributed by atoms with E-state index in [-0.39, 0.29) is 0 Å². The van der Waals surface area contributed by atoms with Crippen molar-refractivity contribution < 1.29 is 0 Å². The van der Waals surface area contributed by atoms with Crippen molar-refractivity contribution in [3.8, 4) is 0 Å². The van der Waals surface area contributed by atoms with E-state index in [2.05, 4.69) is 52.7 Å². The second-order valence-electron chi connectivity index (χ2n) is 3.54. The fraction of sp³-hybridized carbons (Fsp3) is 0.231. The van der Waals surface area contributed by atoms with Crippen LogP contribution in [0.25, 0.3) is 0 Å². The first-order chi connectivity index (χ1) is 7.88. The number of anilines is 1. The molecule has 0 saturated heterocycles. The Morgan fingerprint density at radius 3 is 3.00 bits per heavy atom. The van der Waals surface area contributed by atoms with Crippen LogP contribution in [0.3, 0.4) is 0 Å². The molecular formula is C13H15NS2. The molecule has 0 bridgehead atoms. The summed E-state index contributed by atoms with van der Waals surface area (Å²) in [4.78, 5) is 1.31. The Kier molecular flexibility index (Phi) is 4.31. The standard InChI is InChI=1S/C13H15NS2/c1-15-13-4-2-3-12(9-13)14-7-5-11-6-8-16-10-11/h2-4,6,8-10,14H,5,7H2,1H3. The van der Waals surface area contributed by atoms with Crippen molar-refractivity contribution >= 4 is 28.8 Å². The third kappa shape index (κ3) is 3.29. The summed E-state index contributed by atoms with van der Waals surface area (Å²) >= 11 is 3.54. The molecule has 16 heavy (non-hydrogen) atoms. The van der Waals surface area contributed by atoms with Crippen LogP contribution in [-0.4, -0.2) is 12.8 Å². The van der Waals surface area contributed by atoms with Crippen molar-refractivity contribution in [1.82, 2.24) is 0 Å². The summed E-state index contributed by atoms with van der Waals surface area (Å²) in [6.07, 6.45) is 3.19. The first kappa shape index (κ1) is 11.6. The second kappa shape index (κ2) is 5.97. The topological polar surface area (TPSA) is 12.0 Å². The van der Waals surface area contributed by atoms with Crippen LogP contribution in [0.1, 0.15) is 5.56 Å². The summed E-state index contributed by atoms with van der Waals surface area (Å²) < 4.78 is 0. The van der Waals surface area contributed by atoms with E-state index in [1.165, 1.54) is 16.1 Å². The fourth-order valence-corrected chi connectivity index (χ4v) is 2.68. The van der Waals surface area contributed by atoms with Crippen molar-refractivity contribution in [3.63, 3.8) is 0 Å². The van der Waals surface area contributed by atoms with E-state index in [4.69, 9.17) is 0 Å². The maximum absolute atomic E-state index is 3.45. The summed E-state index contributed by atoms with van der Waals surface area (Å²) in [6.45, 7) is 0.995. The smallest absolute Gasteiger partial charge is 0.0351 e. The average molecular weight is 249 g/mol. The molecule has 1 aromatic carbocycles. The lowest BCUT2D eigenvalue weighted by molar-refractivity contribution is 1.03. The van der Waals surface area contributed by atoms with E-state index in [9.17, 15) is 0 Å². The Balaban J connectivity index is 1.85. The summed E-state index contributed by atoms with van der Waals surface area (Å²) in [5, 5.41) is 7.79. The van der Waals surface area contributed by atoms with Crippen molar-refractivity contribution in [2.75, 3.05) is 18.1 Å². The number of hydrogen-bond donors (Lipinski definition) is 1. The molecule has 0 fully saturated rings. The van der Waals surface area contributed by atoms with Crippen molar-refractivity contribution in [2.24, 2.45) is 0 Å². The van der Waals surface area contributed by atoms with Gasteiger partial charge in [0.15, 0.2) is 0 Å². The fourth-order valence-electron chi connectivity index (χ4n) is 1.52. The van der Waals surface area contributed by atoms with Gasteiger partial charge in [-0.1, -0.05) is 6.07 Å². The van der Waals surface area contributed by atoms with Crippen LogP contribution in [0, 0.1) is 0 Å². The van der Waals surface area contributed by atoms with Gasteiger partial charge < -0.3 is 5.32 Å². The number of thioether (sulfide) groups is 1. The number of benzene rings is 1. The third-order valence-corrected chi connectivity index (χ3v) is 3.85. The summed E-state index contributed by atoms with van der Waals surface area (Å²) in [7, 11) is 0. The average Bonchev–Trinajstić information content (AvgIpc) is 2.82. The zero-order valence-electron chi connectivity index (χ0n) is 9.27. The summed E-state index contributed by atoms with van der Waals surface area (Å²) in [5.41, 5.74) is 2.63. The van der Waals surface area contributed by atoms with Crippen LogP contribution in [0.5, 0.6) is 0 Å². The Labute approximate surface area is 105 Å². The highest BCUT2D eigenvalue weighted by Crippen LogP contribution is 2.18. The summed E-state index contributed by atoms with van der Waals surface area (Å²) in [6, 6.07) is 10.7. The maximum Gasteiger partial charge on any atom is 0.0351 e. The van der Waals surface area contributed by atoms with Crippen LogP contribution in [0.4, 0.5) is 5.69 Å². The van der Waals surface area contributed by atoms with Gasteiger partial charge >= 0.3 is 0 Å². The highest BCUT2D eigenvalue weighted by atomic mass is 32.2. The van der Waals surface area contributed by atoms with E-state index in [0.29, 0.717) is 0 Å². The van der Waals surface area contributed by atoms with Gasteiger partial charge in [-0.2, -0.15) is 11.3 Å². The molecule has 0 radical (unpaired) electrons. The zero-order valence-corrected chi connectivity index (χ0v) is 10.9. The third-order valence-electron chi connectivity index (χ3n) is 2.39. The van der Waals surface area contributed by atoms with Gasteiger partial charge in [0.05, 0.1) is 0 Å². The Hall–Kier alpha value is -0.930. The molecule has 84 valence electrons. The van der Waals surface area contributed by atoms with Gasteiger partial charge in [0.25, 0.3) is 0 Å². The van der Waals surface area contributed by atoms with Crippen LogP contribution in [-0.2, 0) is 6.42 Å². The van der Waals surface area contributed by atoms with E-state index in [1.807, 2.05) is 0 Å². The molecule has 2 aromatic rings. The molecule has 1 heterocycles. The first-order valence-electron chi connectivity index (χ1n) is 5.27. The quantitative estimate of drug-likeness (QED) is 0.800. The predicted molar refractivity (Wildman–Crippen MR) is 74.7 cm³/mol. The monoisotopic (exact) mass is 249 g/mol. The van der Waals surface area contributed by atoms with E-state index >= 15 is 0 Å². The minimum atomic E-state index is 0.995. The highest BCUT2D eigenvalue weighted by Gasteiger charge is 1.95. The van der Waals surface area contributed by atoms with Crippen LogP contribution in [0.2, 0.25) is 0 Å². The molecule has 0 spiro atoms. The maximum atomic E-state index is 3.45. The van der Waals surface area contributed by atoms with Crippen molar-refractivity contribution in [2.45, 2.75) is 11.3 Å². The zero-order chi connectivity index (χ0) is 11.2. The number of nitrogens with one attached hydrogen (secondary N) is 1. The van der Waals surface area contributed by atoms with Crippen molar-refractivity contribution in [3.05, 3.63) is 46.7 Å². The normalized spacial score (nSPS) is 10.3. The molecule has 1 N–H and O–H groups in total. The van der Waals surface area contributed by atoms with E-state index in [1.54, 1.807) is 23.1 Å². The minimum absolute atomic E-state index is 0.995. The molecule has 0 aliphatic carbocycles. The molecule has 2 rings (SSSR count). The van der Waals surface area contributed by atoms with Crippen molar-refractivity contribution in [1.29, 1.82) is 0 Å². The molecule has 0 saturated carbocycles. The largest absolute Gasteiger partial charge is 0.385 e. The van der Waals surface area contributed by atoms with E-state index < -0.39 is 0 Å². The molecule has 0 aliphatic rings. The number of hydrogen-bond acceptors (Lipinski definition) is 3. The van der Waals surface area contributed by atoms with Gasteiger partial charge in [-0.05, 0) is 53.3 Å². The number of thiophene rings is 1. The van der Waals surface area contributed by atoms with Gasteiger partial charge in [0.1, 0.15) is 0 Å². The predicted octanol–water partition coefficient (Wildman–Crippen LogP) is 4.12. The van der Waals surface area contributed by atoms with Crippen LogP contribution < -0.4 is 5.32 Å². The van der Waals surface area contributed by atoms with Gasteiger partial charge in [-0.25, -0.2) is 0 Å². The van der Waals surface area contributed by atoms with E-state index in [0.717, 1.165) is 13.0 Å². The molecule has 3 heteroatoms. The Morgan fingerprint density at radius 2 is 2.25 bits per heavy atom. The lowest BCUT2D eigenvalue weighted by Gasteiger charge is -2.06. The molecule has 1 nitrogen and oxygen atoms in total. The lowest BCUT2D eigenvalue weighted by Crippen LogP contribution is -2.03. The molecule has 0 atom stereocenters. The van der Waals surface area contributed by atoms with Crippen LogP contribution >= 0.6 is 23.1 Å². The van der Waals surface area contributed by atoms with Gasteiger partial charge in [-0.15, -0.1) is 11.8 Å². The first-order valence-corrected chi connectivity index (χ1v) is 7.44. The molecule has 1 aromatic heterocycles. The van der Waals surface area contributed by atoms with Gasteiger partial charge in [0.2, 0.25) is 0 Å². The lowest BCUT2D eigenvalue weighted by atomic mass is 10.2. The minimum Gasteiger partial charge on any atom is -0.385 e. The molecular weight excluding hydrogens is 234 g/mol. The highest BCUT2D eigenvalue weighted by molar-refractivity contribution is 7.98. The SMILES string of the molecule is CSc1cccc(NCCc2ccsc2)c1. The summed E-state index contributed by atoms with van der Waals surface area (Å²) in [5.74, 6) is 0. The molecule has 0 amide bonds. The Morgan fingerprint density at radius 1 is 1.31 bits per heavy atom. The van der Waals surface area contributed by atoms with Crippen LogP contribution in [0.15, 0.2) is 46.0 Å². The second-order valence-corrected chi connectivity index (χ2v) is 5.20. The number of rotatable bonds is 5. The van der Waals surface area contributed by atoms with Gasteiger partial charge in [0, 0.05) is 17.1 Å². The molecule has 0 aliphatic heterocycles. The van der Waals surface area contributed by atoms with Gasteiger partial charge in [-0.3, -0.25) is 0 Å².